The molecule has 0 fully saturated rings. The van der Waals surface area contributed by atoms with Crippen LogP contribution in [0.2, 0.25) is 0 Å². The maximum atomic E-state index is 6.79. The Labute approximate surface area is 261 Å². The van der Waals surface area contributed by atoms with Crippen molar-refractivity contribution in [2.24, 2.45) is 0 Å². The molecule has 4 aromatic carbocycles. The average molecular weight is 589 g/mol. The number of fused-ring (bicyclic) bond motifs is 12. The predicted molar refractivity (Wildman–Crippen MR) is 178 cm³/mol. The smallest absolute Gasteiger partial charge is 0.159 e. The fraction of sp³-hybridized carbons (Fsp3) is 0.211. The quantitative estimate of drug-likeness (QED) is 0.192. The van der Waals surface area contributed by atoms with E-state index < -0.39 is 5.41 Å². The Morgan fingerprint density at radius 3 is 2.33 bits per heavy atom. The van der Waals surface area contributed by atoms with E-state index >= 15 is 0 Å². The Kier molecular flexibility index (Phi) is 4.41. The van der Waals surface area contributed by atoms with Gasteiger partial charge in [-0.2, -0.15) is 0 Å². The lowest BCUT2D eigenvalue weighted by atomic mass is 9.69. The second kappa shape index (κ2) is 8.24. The minimum atomic E-state index is -0.492. The molecule has 6 aliphatic heterocycles. The summed E-state index contributed by atoms with van der Waals surface area (Å²) in [4.78, 5) is 15.2. The second-order valence-corrected chi connectivity index (χ2v) is 13.1. The zero-order chi connectivity index (χ0) is 29.4. The van der Waals surface area contributed by atoms with Crippen molar-refractivity contribution in [2.45, 2.75) is 30.3 Å². The van der Waals surface area contributed by atoms with Crippen LogP contribution >= 0.6 is 0 Å². The van der Waals surface area contributed by atoms with Gasteiger partial charge in [-0.1, -0.05) is 66.7 Å². The van der Waals surface area contributed by atoms with E-state index in [2.05, 4.69) is 159 Å². The van der Waals surface area contributed by atoms with E-state index in [-0.39, 0.29) is 18.5 Å². The van der Waals surface area contributed by atoms with E-state index in [9.17, 15) is 0 Å². The first-order chi connectivity index (χ1) is 22.2. The van der Waals surface area contributed by atoms with Crippen LogP contribution in [0.25, 0.3) is 21.9 Å². The molecule has 7 nitrogen and oxygen atoms in total. The summed E-state index contributed by atoms with van der Waals surface area (Å²) in [7, 11) is 2.24. The predicted octanol–water partition coefficient (Wildman–Crippen LogP) is 7.06. The third-order valence-corrected chi connectivity index (χ3v) is 11.1. The van der Waals surface area contributed by atoms with Crippen LogP contribution in [0, 0.1) is 0 Å². The van der Waals surface area contributed by atoms with E-state index in [1.807, 2.05) is 0 Å². The number of hydrogen-bond acceptors (Lipinski definition) is 7. The molecule has 45 heavy (non-hydrogen) atoms. The van der Waals surface area contributed by atoms with Crippen molar-refractivity contribution in [3.63, 3.8) is 0 Å². The summed E-state index contributed by atoms with van der Waals surface area (Å²) < 4.78 is 6.79. The normalized spacial score (nSPS) is 26.7. The van der Waals surface area contributed by atoms with Gasteiger partial charge in [0.1, 0.15) is 29.5 Å². The summed E-state index contributed by atoms with van der Waals surface area (Å²) in [5.74, 6) is 0. The largest absolute Gasteiger partial charge is 0.454 e. The van der Waals surface area contributed by atoms with Crippen LogP contribution in [-0.4, -0.2) is 47.2 Å². The molecule has 11 rings (SSSR count). The number of rotatable bonds is 0. The molecule has 0 aliphatic carbocycles. The Hall–Kier alpha value is -5.30. The first-order valence-corrected chi connectivity index (χ1v) is 16.0. The number of para-hydroxylation sites is 3. The van der Waals surface area contributed by atoms with Crippen molar-refractivity contribution < 1.29 is 4.42 Å². The zero-order valence-electron chi connectivity index (χ0n) is 25.0. The average Bonchev–Trinajstić information content (AvgIpc) is 3.89. The molecule has 0 N–H and O–H groups in total. The van der Waals surface area contributed by atoms with Gasteiger partial charge < -0.3 is 33.8 Å². The Morgan fingerprint density at radius 2 is 1.38 bits per heavy atom. The number of likely N-dealkylation sites (N-methyl/N-ethyl adjacent to an activating group) is 1. The molecule has 0 amide bonds. The highest BCUT2D eigenvalue weighted by Crippen LogP contribution is 2.62. The number of nitrogens with zero attached hydrogens (tertiary/aromatic N) is 6. The zero-order valence-corrected chi connectivity index (χ0v) is 25.0. The molecule has 4 unspecified atom stereocenters. The highest BCUT2D eigenvalue weighted by Gasteiger charge is 2.65. The molecule has 220 valence electrons. The third-order valence-electron chi connectivity index (χ3n) is 11.1. The summed E-state index contributed by atoms with van der Waals surface area (Å²) in [6, 6.07) is 31.4. The maximum Gasteiger partial charge on any atom is 0.159 e. The van der Waals surface area contributed by atoms with Gasteiger partial charge in [-0.15, -0.1) is 0 Å². The van der Waals surface area contributed by atoms with Gasteiger partial charge in [0.05, 0.1) is 5.69 Å². The highest BCUT2D eigenvalue weighted by atomic mass is 16.3. The van der Waals surface area contributed by atoms with Crippen molar-refractivity contribution in [1.82, 2.24) is 14.7 Å². The fourth-order valence-corrected chi connectivity index (χ4v) is 9.49. The number of benzene rings is 4. The molecule has 7 heteroatoms. The van der Waals surface area contributed by atoms with Crippen LogP contribution in [0.1, 0.15) is 29.3 Å². The van der Waals surface area contributed by atoms with Crippen molar-refractivity contribution in [3.05, 3.63) is 139 Å². The maximum absolute atomic E-state index is 6.79. The Balaban J connectivity index is 1.32. The van der Waals surface area contributed by atoms with Gasteiger partial charge in [-0.05, 0) is 35.7 Å². The summed E-state index contributed by atoms with van der Waals surface area (Å²) in [6.45, 7) is 1.96. The van der Waals surface area contributed by atoms with E-state index in [0.717, 1.165) is 36.1 Å². The van der Waals surface area contributed by atoms with Gasteiger partial charge in [0.25, 0.3) is 0 Å². The molecule has 0 radical (unpaired) electrons. The molecule has 7 heterocycles. The van der Waals surface area contributed by atoms with Crippen LogP contribution in [0.5, 0.6) is 0 Å². The van der Waals surface area contributed by atoms with Gasteiger partial charge >= 0.3 is 0 Å². The topological polar surface area (TPSA) is 32.6 Å². The molecule has 1 spiro atoms. The molecule has 4 atom stereocenters. The van der Waals surface area contributed by atoms with E-state index in [1.165, 1.54) is 39.1 Å². The van der Waals surface area contributed by atoms with Crippen LogP contribution in [0.4, 0.5) is 17.1 Å². The van der Waals surface area contributed by atoms with Crippen LogP contribution in [0.15, 0.2) is 127 Å². The minimum absolute atomic E-state index is 0.00508. The monoisotopic (exact) mass is 588 g/mol. The lowest BCUT2D eigenvalue weighted by molar-refractivity contribution is 0.144. The second-order valence-electron chi connectivity index (χ2n) is 13.1. The first-order valence-electron chi connectivity index (χ1n) is 16.0. The lowest BCUT2D eigenvalue weighted by Gasteiger charge is -2.50. The van der Waals surface area contributed by atoms with Crippen molar-refractivity contribution in [1.29, 1.82) is 0 Å². The molecule has 1 aromatic heterocycles. The van der Waals surface area contributed by atoms with Crippen LogP contribution in [-0.2, 0) is 5.41 Å². The molecule has 0 saturated carbocycles. The highest BCUT2D eigenvalue weighted by molar-refractivity contribution is 6.11. The van der Waals surface area contributed by atoms with E-state index in [4.69, 9.17) is 4.42 Å². The first kappa shape index (κ1) is 24.1. The molecule has 6 aliphatic rings. The van der Waals surface area contributed by atoms with Crippen LogP contribution < -0.4 is 14.7 Å². The van der Waals surface area contributed by atoms with E-state index in [1.54, 1.807) is 0 Å². The molecule has 5 aromatic rings. The van der Waals surface area contributed by atoms with Crippen LogP contribution in [0.3, 0.4) is 0 Å². The molecule has 4 bridgehead atoms. The standard InChI is InChI=1S/C38H32N6O/c1-39-19-22-44-33-29(16-15-26-25-9-3-7-14-32(25)45-34(26)33)38(36(39)44)28-11-4-6-13-31(28)42-23-20-40-17-8-18-41-21-24-43(37(38)41)30-12-5-2-10-27(30)35(40)42/h2-7,9-16,19-24,35-37H,8,17-18H2,1H3. The van der Waals surface area contributed by atoms with Crippen molar-refractivity contribution in [3.8, 4) is 0 Å². The van der Waals surface area contributed by atoms with E-state index in [0.29, 0.717) is 0 Å². The van der Waals surface area contributed by atoms with Gasteiger partial charge in [0.15, 0.2) is 5.58 Å². The Bertz CT molecular complexity index is 2160. The summed E-state index contributed by atoms with van der Waals surface area (Å²) in [5.41, 5.74) is 9.06. The summed E-state index contributed by atoms with van der Waals surface area (Å²) in [6.07, 6.45) is 15.0. The lowest BCUT2D eigenvalue weighted by Crippen LogP contribution is -2.63. The fourth-order valence-electron chi connectivity index (χ4n) is 9.49. The molecule has 0 saturated heterocycles. The molecular weight excluding hydrogens is 556 g/mol. The van der Waals surface area contributed by atoms with Gasteiger partial charge in [-0.3, -0.25) is 0 Å². The van der Waals surface area contributed by atoms with Crippen molar-refractivity contribution >= 4 is 39.0 Å². The summed E-state index contributed by atoms with van der Waals surface area (Å²) in [5, 5.41) is 2.33. The third kappa shape index (κ3) is 2.75. The summed E-state index contributed by atoms with van der Waals surface area (Å²) >= 11 is 0. The minimum Gasteiger partial charge on any atom is -0.454 e. The number of anilines is 3. The Morgan fingerprint density at radius 1 is 0.622 bits per heavy atom. The number of hydrogen-bond donors (Lipinski definition) is 0. The van der Waals surface area contributed by atoms with Gasteiger partial charge in [0, 0.05) is 85.0 Å². The van der Waals surface area contributed by atoms with Gasteiger partial charge in [-0.25, -0.2) is 0 Å². The van der Waals surface area contributed by atoms with Crippen molar-refractivity contribution in [2.75, 3.05) is 34.8 Å². The SMILES string of the molecule is CN1C=CN2c3c(ccc4c3oc3ccccc34)C3(c4ccccc4N4C=CN5CCCN6C=CN(c7ccccc7C54)C63)C12. The number of furan rings is 1. The molecular formula is C38H32N6O. The van der Waals surface area contributed by atoms with Gasteiger partial charge in [0.2, 0.25) is 0 Å².